The van der Waals surface area contributed by atoms with E-state index >= 15 is 0 Å². The topological polar surface area (TPSA) is 58.6 Å². The molecule has 1 aromatic carbocycles. The van der Waals surface area contributed by atoms with E-state index in [4.69, 9.17) is 23.2 Å². The Labute approximate surface area is 153 Å². The predicted molar refractivity (Wildman–Crippen MR) is 99.2 cm³/mol. The normalized spacial score (nSPS) is 11.0. The average molecular weight is 368 g/mol. The van der Waals surface area contributed by atoms with Crippen LogP contribution in [0, 0.1) is 0 Å². The molecule has 0 radical (unpaired) electrons. The van der Waals surface area contributed by atoms with Gasteiger partial charge in [0, 0.05) is 46.3 Å². The van der Waals surface area contributed by atoms with Crippen molar-refractivity contribution in [3.05, 3.63) is 82.4 Å². The summed E-state index contributed by atoms with van der Waals surface area (Å²) >= 11 is 12.2. The Morgan fingerprint density at radius 2 is 1.92 bits per heavy atom. The van der Waals surface area contributed by atoms with E-state index in [1.165, 1.54) is 0 Å². The van der Waals surface area contributed by atoms with Crippen LogP contribution in [0.5, 0.6) is 0 Å². The molecule has 0 atom stereocenters. The molecule has 0 spiro atoms. The third-order valence-electron chi connectivity index (χ3n) is 3.96. The Hall–Kier alpha value is -2.69. The van der Waals surface area contributed by atoms with Crippen LogP contribution in [0.2, 0.25) is 10.0 Å². The number of fused-ring (bicyclic) bond motifs is 1. The monoisotopic (exact) mass is 367 g/mol. The van der Waals surface area contributed by atoms with Crippen LogP contribution < -0.4 is 0 Å². The van der Waals surface area contributed by atoms with Crippen LogP contribution in [-0.4, -0.2) is 20.7 Å². The zero-order valence-electron chi connectivity index (χ0n) is 12.8. The fourth-order valence-electron chi connectivity index (χ4n) is 2.81. The number of aromatic amines is 1. The first-order chi connectivity index (χ1) is 12.1. The number of carbonyl (C=O) groups is 1. The van der Waals surface area contributed by atoms with Gasteiger partial charge in [0.25, 0.3) is 0 Å². The van der Waals surface area contributed by atoms with E-state index in [1.54, 1.807) is 43.0 Å². The summed E-state index contributed by atoms with van der Waals surface area (Å²) in [6.07, 6.45) is 6.80. The Balaban J connectivity index is 1.94. The van der Waals surface area contributed by atoms with Gasteiger partial charge in [0.05, 0.1) is 10.6 Å². The molecule has 4 aromatic rings. The molecule has 4 nitrogen and oxygen atoms in total. The number of nitrogens with one attached hydrogen (secondary N) is 1. The Kier molecular flexibility index (Phi) is 3.99. The predicted octanol–water partition coefficient (Wildman–Crippen LogP) is 5.16. The summed E-state index contributed by atoms with van der Waals surface area (Å²) < 4.78 is 0. The molecule has 0 saturated heterocycles. The van der Waals surface area contributed by atoms with Gasteiger partial charge < -0.3 is 4.98 Å². The number of hydrogen-bond acceptors (Lipinski definition) is 3. The molecule has 122 valence electrons. The summed E-state index contributed by atoms with van der Waals surface area (Å²) in [4.78, 5) is 24.6. The van der Waals surface area contributed by atoms with Gasteiger partial charge in [-0.1, -0.05) is 29.3 Å². The number of H-pyrrole nitrogens is 1. The minimum atomic E-state index is -0.211. The summed E-state index contributed by atoms with van der Waals surface area (Å²) in [5.74, 6) is -0.211. The standard InChI is InChI=1S/C19H11Cl2N3O/c20-12-3-4-16(21)14(8-12)18(25)15-10-24-19-17(15)13(5-7-23-19)11-2-1-6-22-9-11/h1-10H,(H,23,24). The SMILES string of the molecule is O=C(c1cc(Cl)ccc1Cl)c1c[nH]c2nccc(-c3cccnc3)c12. The molecule has 0 aliphatic heterocycles. The summed E-state index contributed by atoms with van der Waals surface area (Å²) in [5.41, 5.74) is 3.26. The van der Waals surface area contributed by atoms with Crippen LogP contribution in [0.3, 0.4) is 0 Å². The summed E-state index contributed by atoms with van der Waals surface area (Å²) in [5, 5.41) is 1.55. The number of benzene rings is 1. The van der Waals surface area contributed by atoms with Crippen molar-refractivity contribution in [3.63, 3.8) is 0 Å². The second-order valence-corrected chi connectivity index (χ2v) is 6.32. The second-order valence-electron chi connectivity index (χ2n) is 5.48. The summed E-state index contributed by atoms with van der Waals surface area (Å²) in [6.45, 7) is 0. The van der Waals surface area contributed by atoms with Crippen LogP contribution in [0.1, 0.15) is 15.9 Å². The third-order valence-corrected chi connectivity index (χ3v) is 4.53. The highest BCUT2D eigenvalue weighted by Crippen LogP contribution is 2.32. The molecule has 0 fully saturated rings. The van der Waals surface area contributed by atoms with Crippen molar-refractivity contribution in [3.8, 4) is 11.1 Å². The van der Waals surface area contributed by atoms with Crippen molar-refractivity contribution >= 4 is 40.0 Å². The van der Waals surface area contributed by atoms with Gasteiger partial charge in [-0.2, -0.15) is 0 Å². The number of nitrogens with zero attached hydrogens (tertiary/aromatic N) is 2. The third kappa shape index (κ3) is 2.80. The van der Waals surface area contributed by atoms with Gasteiger partial charge in [-0.05, 0) is 35.9 Å². The molecule has 0 unspecified atom stereocenters. The molecule has 3 aromatic heterocycles. The quantitative estimate of drug-likeness (QED) is 0.508. The van der Waals surface area contributed by atoms with Crippen LogP contribution in [0.25, 0.3) is 22.2 Å². The number of aromatic nitrogens is 3. The molecule has 0 aliphatic rings. The minimum Gasteiger partial charge on any atom is -0.345 e. The van der Waals surface area contributed by atoms with E-state index in [-0.39, 0.29) is 5.78 Å². The van der Waals surface area contributed by atoms with E-state index < -0.39 is 0 Å². The lowest BCUT2D eigenvalue weighted by molar-refractivity contribution is 0.104. The molecule has 0 saturated carbocycles. The van der Waals surface area contributed by atoms with Crippen molar-refractivity contribution in [2.75, 3.05) is 0 Å². The first-order valence-electron chi connectivity index (χ1n) is 7.51. The van der Waals surface area contributed by atoms with Gasteiger partial charge in [0.15, 0.2) is 5.78 Å². The maximum absolute atomic E-state index is 13.1. The fraction of sp³-hybridized carbons (Fsp3) is 0. The molecular weight excluding hydrogens is 357 g/mol. The first kappa shape index (κ1) is 15.8. The van der Waals surface area contributed by atoms with Crippen molar-refractivity contribution in [2.45, 2.75) is 0 Å². The van der Waals surface area contributed by atoms with Crippen molar-refractivity contribution in [1.82, 2.24) is 15.0 Å². The molecule has 3 heterocycles. The van der Waals surface area contributed by atoms with Gasteiger partial charge in [-0.15, -0.1) is 0 Å². The van der Waals surface area contributed by atoms with E-state index in [9.17, 15) is 4.79 Å². The van der Waals surface area contributed by atoms with Crippen LogP contribution in [0.4, 0.5) is 0 Å². The maximum atomic E-state index is 13.1. The van der Waals surface area contributed by atoms with Gasteiger partial charge in [0.2, 0.25) is 0 Å². The molecule has 0 amide bonds. The van der Waals surface area contributed by atoms with E-state index in [2.05, 4.69) is 15.0 Å². The lowest BCUT2D eigenvalue weighted by atomic mass is 9.98. The fourth-order valence-corrected chi connectivity index (χ4v) is 3.19. The number of halogens is 2. The number of pyridine rings is 2. The number of hydrogen-bond donors (Lipinski definition) is 1. The average Bonchev–Trinajstić information content (AvgIpc) is 3.08. The second kappa shape index (κ2) is 6.31. The zero-order valence-corrected chi connectivity index (χ0v) is 14.3. The molecule has 1 N–H and O–H groups in total. The largest absolute Gasteiger partial charge is 0.345 e. The number of rotatable bonds is 3. The molecule has 6 heteroatoms. The molecule has 25 heavy (non-hydrogen) atoms. The first-order valence-corrected chi connectivity index (χ1v) is 8.27. The lowest BCUT2D eigenvalue weighted by Crippen LogP contribution is -2.02. The highest BCUT2D eigenvalue weighted by atomic mass is 35.5. The van der Waals surface area contributed by atoms with Gasteiger partial charge in [-0.25, -0.2) is 4.98 Å². The summed E-state index contributed by atoms with van der Waals surface area (Å²) in [7, 11) is 0. The maximum Gasteiger partial charge on any atom is 0.196 e. The van der Waals surface area contributed by atoms with Crippen LogP contribution >= 0.6 is 23.2 Å². The van der Waals surface area contributed by atoms with Crippen molar-refractivity contribution in [1.29, 1.82) is 0 Å². The van der Waals surface area contributed by atoms with Crippen molar-refractivity contribution in [2.24, 2.45) is 0 Å². The highest BCUT2D eigenvalue weighted by Gasteiger charge is 2.20. The Bertz CT molecular complexity index is 1090. The lowest BCUT2D eigenvalue weighted by Gasteiger charge is -2.07. The van der Waals surface area contributed by atoms with E-state index in [0.29, 0.717) is 26.8 Å². The summed E-state index contributed by atoms with van der Waals surface area (Å²) in [6, 6.07) is 10.5. The van der Waals surface area contributed by atoms with Gasteiger partial charge >= 0.3 is 0 Å². The van der Waals surface area contributed by atoms with Crippen molar-refractivity contribution < 1.29 is 4.79 Å². The molecule has 4 rings (SSSR count). The number of carbonyl (C=O) groups excluding carboxylic acids is 1. The number of ketones is 1. The molecule has 0 bridgehead atoms. The van der Waals surface area contributed by atoms with E-state index in [1.807, 2.05) is 18.2 Å². The Morgan fingerprint density at radius 1 is 1.04 bits per heavy atom. The Morgan fingerprint density at radius 3 is 2.72 bits per heavy atom. The molecule has 0 aliphatic carbocycles. The minimum absolute atomic E-state index is 0.211. The smallest absolute Gasteiger partial charge is 0.196 e. The zero-order chi connectivity index (χ0) is 17.4. The van der Waals surface area contributed by atoms with Crippen LogP contribution in [0.15, 0.2) is 61.2 Å². The highest BCUT2D eigenvalue weighted by molar-refractivity contribution is 6.37. The van der Waals surface area contributed by atoms with Gasteiger partial charge in [0.1, 0.15) is 5.65 Å². The van der Waals surface area contributed by atoms with Crippen LogP contribution in [-0.2, 0) is 0 Å². The van der Waals surface area contributed by atoms with E-state index in [0.717, 1.165) is 16.5 Å². The molecular formula is C19H11Cl2N3O. The van der Waals surface area contributed by atoms with Gasteiger partial charge in [-0.3, -0.25) is 9.78 Å².